The van der Waals surface area contributed by atoms with Crippen LogP contribution in [0.4, 0.5) is 5.69 Å². The lowest BCUT2D eigenvalue weighted by Gasteiger charge is -2.08. The van der Waals surface area contributed by atoms with Gasteiger partial charge in [-0.25, -0.2) is 0 Å². The largest absolute Gasteiger partial charge is 0.395 e. The van der Waals surface area contributed by atoms with Gasteiger partial charge in [-0.3, -0.25) is 10.1 Å². The first-order valence-electron chi connectivity index (χ1n) is 5.29. The molecule has 1 saturated heterocycles. The van der Waals surface area contributed by atoms with E-state index in [1.807, 2.05) is 0 Å². The molecule has 1 fully saturated rings. The van der Waals surface area contributed by atoms with Crippen molar-refractivity contribution in [3.05, 3.63) is 39.9 Å². The van der Waals surface area contributed by atoms with E-state index in [2.05, 4.69) is 5.32 Å². The van der Waals surface area contributed by atoms with Crippen LogP contribution < -0.4 is 5.32 Å². The third-order valence-electron chi connectivity index (χ3n) is 3.02. The summed E-state index contributed by atoms with van der Waals surface area (Å²) < 4.78 is 0. The molecule has 1 aromatic carbocycles. The number of aliphatic hydroxyl groups is 1. The van der Waals surface area contributed by atoms with E-state index in [1.54, 1.807) is 12.1 Å². The zero-order valence-electron chi connectivity index (χ0n) is 8.80. The topological polar surface area (TPSA) is 75.4 Å². The van der Waals surface area contributed by atoms with Crippen LogP contribution in [0.15, 0.2) is 24.3 Å². The number of benzene rings is 1. The summed E-state index contributed by atoms with van der Waals surface area (Å²) in [6.45, 7) is 0.965. The van der Waals surface area contributed by atoms with Crippen molar-refractivity contribution in [2.24, 2.45) is 0 Å². The molecule has 1 heterocycles. The summed E-state index contributed by atoms with van der Waals surface area (Å²) in [6, 6.07) is 6.80. The van der Waals surface area contributed by atoms with Gasteiger partial charge in [-0.05, 0) is 17.9 Å². The second kappa shape index (κ2) is 4.59. The molecule has 0 saturated carbocycles. The lowest BCUT2D eigenvalue weighted by atomic mass is 9.96. The summed E-state index contributed by atoms with van der Waals surface area (Å²) in [6.07, 6.45) is 0.883. The summed E-state index contributed by atoms with van der Waals surface area (Å²) in [4.78, 5) is 10.1. The molecule has 2 rings (SSSR count). The lowest BCUT2D eigenvalue weighted by Crippen LogP contribution is -2.24. The number of nitrogens with zero attached hydrogens (tertiary/aromatic N) is 1. The second-order valence-corrected chi connectivity index (χ2v) is 4.07. The van der Waals surface area contributed by atoms with Gasteiger partial charge in [0.25, 0.3) is 5.69 Å². The van der Waals surface area contributed by atoms with E-state index in [-0.39, 0.29) is 18.3 Å². The molecule has 0 bridgehead atoms. The molecule has 1 aliphatic heterocycles. The Hall–Kier alpha value is -1.46. The van der Waals surface area contributed by atoms with Gasteiger partial charge in [-0.15, -0.1) is 0 Å². The Morgan fingerprint density at radius 3 is 2.62 bits per heavy atom. The quantitative estimate of drug-likeness (QED) is 0.591. The van der Waals surface area contributed by atoms with E-state index in [0.717, 1.165) is 18.5 Å². The zero-order chi connectivity index (χ0) is 11.5. The molecule has 2 N–H and O–H groups in total. The fourth-order valence-corrected chi connectivity index (χ4v) is 2.08. The highest BCUT2D eigenvalue weighted by atomic mass is 16.6. The molecule has 0 spiro atoms. The highest BCUT2D eigenvalue weighted by Gasteiger charge is 2.24. The minimum absolute atomic E-state index is 0.119. The fraction of sp³-hybridized carbons (Fsp3) is 0.455. The van der Waals surface area contributed by atoms with Crippen LogP contribution in [0.25, 0.3) is 0 Å². The average molecular weight is 222 g/mol. The van der Waals surface area contributed by atoms with Crippen molar-refractivity contribution in [3.8, 4) is 0 Å². The van der Waals surface area contributed by atoms with Gasteiger partial charge < -0.3 is 10.4 Å². The molecule has 0 aliphatic carbocycles. The number of rotatable bonds is 3. The molecule has 0 aromatic heterocycles. The predicted molar refractivity (Wildman–Crippen MR) is 59.3 cm³/mol. The first-order valence-corrected chi connectivity index (χ1v) is 5.29. The van der Waals surface area contributed by atoms with Crippen molar-refractivity contribution in [1.82, 2.24) is 5.32 Å². The fourth-order valence-electron chi connectivity index (χ4n) is 2.08. The van der Waals surface area contributed by atoms with Gasteiger partial charge in [0, 0.05) is 24.7 Å². The van der Waals surface area contributed by atoms with Gasteiger partial charge in [-0.1, -0.05) is 12.1 Å². The summed E-state index contributed by atoms with van der Waals surface area (Å²) in [5.74, 6) is 0.345. The highest BCUT2D eigenvalue weighted by molar-refractivity contribution is 5.35. The number of nitrogens with one attached hydrogen (secondary N) is 1. The van der Waals surface area contributed by atoms with E-state index >= 15 is 0 Å². The number of nitro benzene ring substituents is 1. The van der Waals surface area contributed by atoms with Gasteiger partial charge in [0.2, 0.25) is 0 Å². The zero-order valence-corrected chi connectivity index (χ0v) is 8.80. The van der Waals surface area contributed by atoms with E-state index in [1.165, 1.54) is 12.1 Å². The minimum atomic E-state index is -0.396. The highest BCUT2D eigenvalue weighted by Crippen LogP contribution is 2.26. The second-order valence-electron chi connectivity index (χ2n) is 4.07. The Morgan fingerprint density at radius 1 is 1.44 bits per heavy atom. The van der Waals surface area contributed by atoms with Crippen molar-refractivity contribution < 1.29 is 10.0 Å². The summed E-state index contributed by atoms with van der Waals surface area (Å²) in [5, 5.41) is 22.7. The van der Waals surface area contributed by atoms with Crippen molar-refractivity contribution >= 4 is 5.69 Å². The number of non-ortho nitro benzene ring substituents is 1. The molecule has 1 aromatic rings. The molecule has 2 unspecified atom stereocenters. The number of hydrogen-bond acceptors (Lipinski definition) is 4. The molecule has 86 valence electrons. The summed E-state index contributed by atoms with van der Waals surface area (Å²) in [7, 11) is 0. The van der Waals surface area contributed by atoms with E-state index in [4.69, 9.17) is 5.11 Å². The van der Waals surface area contributed by atoms with Gasteiger partial charge in [0.05, 0.1) is 11.5 Å². The number of nitro groups is 1. The third-order valence-corrected chi connectivity index (χ3v) is 3.02. The van der Waals surface area contributed by atoms with Gasteiger partial charge in [-0.2, -0.15) is 0 Å². The van der Waals surface area contributed by atoms with Gasteiger partial charge >= 0.3 is 0 Å². The maximum Gasteiger partial charge on any atom is 0.269 e. The minimum Gasteiger partial charge on any atom is -0.395 e. The normalized spacial score (nSPS) is 24.6. The van der Waals surface area contributed by atoms with Crippen LogP contribution in [0.1, 0.15) is 17.9 Å². The van der Waals surface area contributed by atoms with Crippen molar-refractivity contribution in [2.45, 2.75) is 18.4 Å². The van der Waals surface area contributed by atoms with Crippen molar-refractivity contribution in [1.29, 1.82) is 0 Å². The van der Waals surface area contributed by atoms with E-state index < -0.39 is 4.92 Å². The van der Waals surface area contributed by atoms with Gasteiger partial charge in [0.15, 0.2) is 0 Å². The Balaban J connectivity index is 2.08. The van der Waals surface area contributed by atoms with Crippen LogP contribution >= 0.6 is 0 Å². The van der Waals surface area contributed by atoms with Crippen molar-refractivity contribution in [3.63, 3.8) is 0 Å². The van der Waals surface area contributed by atoms with Crippen LogP contribution in [-0.4, -0.2) is 29.2 Å². The van der Waals surface area contributed by atoms with Crippen LogP contribution in [0, 0.1) is 10.1 Å². The smallest absolute Gasteiger partial charge is 0.269 e. The Morgan fingerprint density at radius 2 is 2.12 bits per heavy atom. The van der Waals surface area contributed by atoms with Crippen LogP contribution in [0.3, 0.4) is 0 Å². The molecule has 1 aliphatic rings. The first-order chi connectivity index (χ1) is 7.70. The summed E-state index contributed by atoms with van der Waals surface area (Å²) >= 11 is 0. The maximum atomic E-state index is 10.5. The molecule has 5 nitrogen and oxygen atoms in total. The Bertz CT molecular complexity index is 377. The standard InChI is InChI=1S/C11H14N2O3/c14-7-10-5-9(6-12-10)8-1-3-11(4-2-8)13(15)16/h1-4,9-10,12,14H,5-7H2. The molecule has 0 amide bonds. The molecule has 16 heavy (non-hydrogen) atoms. The van der Waals surface area contributed by atoms with Crippen molar-refractivity contribution in [2.75, 3.05) is 13.2 Å². The van der Waals surface area contributed by atoms with Gasteiger partial charge in [0.1, 0.15) is 0 Å². The molecule has 0 radical (unpaired) electrons. The van der Waals surface area contributed by atoms with Crippen LogP contribution in [0.5, 0.6) is 0 Å². The first kappa shape index (κ1) is 11.0. The number of hydrogen-bond donors (Lipinski definition) is 2. The lowest BCUT2D eigenvalue weighted by molar-refractivity contribution is -0.384. The maximum absolute atomic E-state index is 10.5. The van der Waals surface area contributed by atoms with E-state index in [9.17, 15) is 10.1 Å². The molecule has 5 heteroatoms. The Kier molecular flexibility index (Phi) is 3.17. The SMILES string of the molecule is O=[N+]([O-])c1ccc(C2CNC(CO)C2)cc1. The average Bonchev–Trinajstić information content (AvgIpc) is 2.77. The predicted octanol–water partition coefficient (Wildman–Crippen LogP) is 1.03. The number of aliphatic hydroxyl groups excluding tert-OH is 1. The monoisotopic (exact) mass is 222 g/mol. The van der Waals surface area contributed by atoms with E-state index in [0.29, 0.717) is 5.92 Å². The summed E-state index contributed by atoms with van der Waals surface area (Å²) in [5.41, 5.74) is 1.21. The molecular formula is C11H14N2O3. The molecular weight excluding hydrogens is 208 g/mol. The Labute approximate surface area is 93.2 Å². The van der Waals surface area contributed by atoms with Crippen LogP contribution in [-0.2, 0) is 0 Å². The molecule has 2 atom stereocenters. The van der Waals surface area contributed by atoms with Crippen LogP contribution in [0.2, 0.25) is 0 Å². The third kappa shape index (κ3) is 2.20.